The zero-order valence-corrected chi connectivity index (χ0v) is 15.7. The maximum Gasteiger partial charge on any atom is 0.235 e. The molecule has 2 heterocycles. The Kier molecular flexibility index (Phi) is 4.25. The van der Waals surface area contributed by atoms with Crippen LogP contribution in [-0.4, -0.2) is 12.1 Å². The zero-order chi connectivity index (χ0) is 19.7. The van der Waals surface area contributed by atoms with E-state index >= 15 is 0 Å². The van der Waals surface area contributed by atoms with E-state index in [4.69, 9.17) is 10.5 Å². The van der Waals surface area contributed by atoms with Crippen molar-refractivity contribution < 1.29 is 4.74 Å². The third-order valence-corrected chi connectivity index (χ3v) is 5.04. The molecule has 0 amide bonds. The normalized spacial score (nSPS) is 17.7. The van der Waals surface area contributed by atoms with E-state index < -0.39 is 5.54 Å². The molecular formula is C23H20N4O. The Morgan fingerprint density at radius 3 is 2.32 bits per heavy atom. The first-order valence-corrected chi connectivity index (χ1v) is 8.97. The summed E-state index contributed by atoms with van der Waals surface area (Å²) in [6.45, 7) is 2.08. The highest BCUT2D eigenvalue weighted by atomic mass is 16.5. The summed E-state index contributed by atoms with van der Waals surface area (Å²) in [6.07, 6.45) is 2.14. The first kappa shape index (κ1) is 17.6. The van der Waals surface area contributed by atoms with Crippen molar-refractivity contribution in [2.24, 2.45) is 0 Å². The molecule has 3 aromatic rings. The molecule has 0 saturated heterocycles. The second-order valence-corrected chi connectivity index (χ2v) is 6.86. The molecule has 1 atom stereocenters. The van der Waals surface area contributed by atoms with Gasteiger partial charge < -0.3 is 15.8 Å². The zero-order valence-electron chi connectivity index (χ0n) is 15.7. The lowest BCUT2D eigenvalue weighted by atomic mass is 9.81. The molecule has 0 spiro atoms. The van der Waals surface area contributed by atoms with Gasteiger partial charge in [0.15, 0.2) is 0 Å². The van der Waals surface area contributed by atoms with Gasteiger partial charge in [0.05, 0.1) is 18.3 Å². The van der Waals surface area contributed by atoms with Crippen LogP contribution in [0, 0.1) is 11.3 Å². The fourth-order valence-corrected chi connectivity index (χ4v) is 3.67. The van der Waals surface area contributed by atoms with E-state index in [1.165, 1.54) is 7.11 Å². The highest BCUT2D eigenvalue weighted by Gasteiger charge is 2.35. The number of ether oxygens (including phenoxy) is 1. The number of rotatable bonds is 3. The molecule has 3 N–H and O–H groups in total. The van der Waals surface area contributed by atoms with Crippen molar-refractivity contribution in [3.05, 3.63) is 89.0 Å². The molecule has 0 saturated carbocycles. The molecule has 0 aliphatic carbocycles. The number of anilines is 2. The minimum absolute atomic E-state index is 0.218. The van der Waals surface area contributed by atoms with Gasteiger partial charge in [-0.05, 0) is 29.7 Å². The number of nitrogens with one attached hydrogen (secondary N) is 1. The Balaban J connectivity index is 2.05. The van der Waals surface area contributed by atoms with Gasteiger partial charge in [0, 0.05) is 5.56 Å². The van der Waals surface area contributed by atoms with Gasteiger partial charge in [-0.2, -0.15) is 10.2 Å². The van der Waals surface area contributed by atoms with Crippen LogP contribution in [0.3, 0.4) is 0 Å². The van der Waals surface area contributed by atoms with Gasteiger partial charge in [-0.3, -0.25) is 0 Å². The highest BCUT2D eigenvalue weighted by molar-refractivity contribution is 5.96. The molecule has 2 aromatic carbocycles. The second kappa shape index (κ2) is 6.75. The van der Waals surface area contributed by atoms with Crippen LogP contribution in [-0.2, 0) is 5.54 Å². The van der Waals surface area contributed by atoms with E-state index in [9.17, 15) is 5.26 Å². The molecule has 5 heteroatoms. The molecule has 4 rings (SSSR count). The Morgan fingerprint density at radius 2 is 1.71 bits per heavy atom. The van der Waals surface area contributed by atoms with E-state index in [2.05, 4.69) is 41.5 Å². The lowest BCUT2D eigenvalue weighted by Gasteiger charge is -2.37. The standard InChI is InChI=1S/C23H20N4O/c1-23(16-11-7-4-8-12-16)13-17(15-9-5-3-6-10-15)19-20(27-23)18(14-24)22(28-2)26-21(19)25/h3-13,27H,1-2H3,(H2,25,26). The van der Waals surface area contributed by atoms with Crippen molar-refractivity contribution in [2.45, 2.75) is 12.5 Å². The van der Waals surface area contributed by atoms with E-state index in [-0.39, 0.29) is 5.88 Å². The number of nitrogens with two attached hydrogens (primary N) is 1. The van der Waals surface area contributed by atoms with Crippen LogP contribution in [0.5, 0.6) is 5.88 Å². The monoisotopic (exact) mass is 368 g/mol. The number of benzene rings is 2. The maximum atomic E-state index is 9.82. The van der Waals surface area contributed by atoms with Crippen LogP contribution in [0.15, 0.2) is 66.7 Å². The number of nitrogens with zero attached hydrogens (tertiary/aromatic N) is 2. The topological polar surface area (TPSA) is 84.0 Å². The van der Waals surface area contributed by atoms with Gasteiger partial charge in [-0.15, -0.1) is 0 Å². The summed E-state index contributed by atoms with van der Waals surface area (Å²) in [5.41, 5.74) is 10.5. The Morgan fingerprint density at radius 1 is 1.07 bits per heavy atom. The minimum atomic E-state index is -0.538. The van der Waals surface area contributed by atoms with Crippen molar-refractivity contribution in [3.63, 3.8) is 0 Å². The van der Waals surface area contributed by atoms with E-state index in [1.807, 2.05) is 48.5 Å². The SMILES string of the molecule is COc1nc(N)c2c(c1C#N)NC(C)(c1ccccc1)C=C2c1ccccc1. The summed E-state index contributed by atoms with van der Waals surface area (Å²) < 4.78 is 5.32. The van der Waals surface area contributed by atoms with E-state index in [0.29, 0.717) is 17.1 Å². The summed E-state index contributed by atoms with van der Waals surface area (Å²) in [6, 6.07) is 22.3. The molecular weight excluding hydrogens is 348 g/mol. The van der Waals surface area contributed by atoms with Gasteiger partial charge in [0.1, 0.15) is 17.5 Å². The van der Waals surface area contributed by atoms with Crippen molar-refractivity contribution in [3.8, 4) is 11.9 Å². The number of pyridine rings is 1. The molecule has 138 valence electrons. The van der Waals surface area contributed by atoms with Crippen LogP contribution < -0.4 is 15.8 Å². The molecule has 1 aliphatic rings. The lowest BCUT2D eigenvalue weighted by molar-refractivity contribution is 0.397. The molecule has 28 heavy (non-hydrogen) atoms. The number of hydrogen-bond acceptors (Lipinski definition) is 5. The maximum absolute atomic E-state index is 9.82. The van der Waals surface area contributed by atoms with Crippen molar-refractivity contribution >= 4 is 17.1 Å². The number of hydrogen-bond donors (Lipinski definition) is 2. The molecule has 5 nitrogen and oxygen atoms in total. The van der Waals surface area contributed by atoms with Crippen LogP contribution in [0.4, 0.5) is 11.5 Å². The molecule has 0 fully saturated rings. The number of aromatic nitrogens is 1. The van der Waals surface area contributed by atoms with Gasteiger partial charge in [-0.1, -0.05) is 60.7 Å². The predicted octanol–water partition coefficient (Wildman–Crippen LogP) is 4.32. The van der Waals surface area contributed by atoms with Gasteiger partial charge in [0.2, 0.25) is 5.88 Å². The Hall–Kier alpha value is -3.78. The van der Waals surface area contributed by atoms with E-state index in [1.54, 1.807) is 0 Å². The van der Waals surface area contributed by atoms with Gasteiger partial charge in [-0.25, -0.2) is 0 Å². The lowest BCUT2D eigenvalue weighted by Crippen LogP contribution is -2.34. The van der Waals surface area contributed by atoms with Crippen LogP contribution >= 0.6 is 0 Å². The van der Waals surface area contributed by atoms with Crippen molar-refractivity contribution in [2.75, 3.05) is 18.2 Å². The molecule has 1 unspecified atom stereocenters. The quantitative estimate of drug-likeness (QED) is 0.719. The Labute approximate surface area is 164 Å². The molecule has 0 bridgehead atoms. The number of nitriles is 1. The second-order valence-electron chi connectivity index (χ2n) is 6.86. The smallest absolute Gasteiger partial charge is 0.235 e. The Bertz CT molecular complexity index is 1100. The molecule has 1 aliphatic heterocycles. The first-order chi connectivity index (χ1) is 13.6. The minimum Gasteiger partial charge on any atom is -0.480 e. The fraction of sp³-hybridized carbons (Fsp3) is 0.130. The number of methoxy groups -OCH3 is 1. The molecule has 1 aromatic heterocycles. The van der Waals surface area contributed by atoms with Gasteiger partial charge >= 0.3 is 0 Å². The predicted molar refractivity (Wildman–Crippen MR) is 111 cm³/mol. The largest absolute Gasteiger partial charge is 0.480 e. The van der Waals surface area contributed by atoms with Crippen LogP contribution in [0.25, 0.3) is 5.57 Å². The van der Waals surface area contributed by atoms with E-state index in [0.717, 1.165) is 22.3 Å². The number of nitrogen functional groups attached to an aromatic ring is 1. The third-order valence-electron chi connectivity index (χ3n) is 5.04. The van der Waals surface area contributed by atoms with Gasteiger partial charge in [0.25, 0.3) is 0 Å². The average molecular weight is 368 g/mol. The summed E-state index contributed by atoms with van der Waals surface area (Å²) in [5, 5.41) is 13.3. The van der Waals surface area contributed by atoms with Crippen LogP contribution in [0.1, 0.15) is 29.2 Å². The van der Waals surface area contributed by atoms with Crippen molar-refractivity contribution in [1.82, 2.24) is 4.98 Å². The summed E-state index contributed by atoms with van der Waals surface area (Å²) >= 11 is 0. The van der Waals surface area contributed by atoms with Crippen molar-refractivity contribution in [1.29, 1.82) is 5.26 Å². The van der Waals surface area contributed by atoms with Crippen LogP contribution in [0.2, 0.25) is 0 Å². The molecule has 0 radical (unpaired) electrons. The summed E-state index contributed by atoms with van der Waals surface area (Å²) in [5.74, 6) is 0.541. The average Bonchev–Trinajstić information content (AvgIpc) is 2.74. The summed E-state index contributed by atoms with van der Waals surface area (Å²) in [4.78, 5) is 4.32. The summed E-state index contributed by atoms with van der Waals surface area (Å²) in [7, 11) is 1.49. The highest BCUT2D eigenvalue weighted by Crippen LogP contribution is 2.46. The third kappa shape index (κ3) is 2.76. The first-order valence-electron chi connectivity index (χ1n) is 8.97. The fourth-order valence-electron chi connectivity index (χ4n) is 3.67. The number of fused-ring (bicyclic) bond motifs is 1.